The van der Waals surface area contributed by atoms with Gasteiger partial charge in [-0.05, 0) is 42.3 Å². The lowest BCUT2D eigenvalue weighted by Crippen LogP contribution is -2.09. The van der Waals surface area contributed by atoms with Crippen LogP contribution >= 0.6 is 10.8 Å². The first-order valence-electron chi connectivity index (χ1n) is 7.51. The molecule has 25 heavy (non-hydrogen) atoms. The summed E-state index contributed by atoms with van der Waals surface area (Å²) in [7, 11) is -3.23. The van der Waals surface area contributed by atoms with E-state index < -0.39 is 10.8 Å². The molecule has 0 unspecified atom stereocenters. The third kappa shape index (κ3) is 3.14. The van der Waals surface area contributed by atoms with Gasteiger partial charge in [0.05, 0.1) is 4.90 Å². The zero-order chi connectivity index (χ0) is 17.4. The number of aryl methyl sites for hydroxylation is 1. The predicted octanol–water partition coefficient (Wildman–Crippen LogP) is 4.52. The van der Waals surface area contributed by atoms with Crippen LogP contribution in [0.25, 0.3) is 11.1 Å². The highest BCUT2D eigenvalue weighted by Gasteiger charge is 2.18. The van der Waals surface area contributed by atoms with Crippen LogP contribution in [-0.2, 0) is 0 Å². The number of benzene rings is 2. The molecule has 3 N–H and O–H groups in total. The van der Waals surface area contributed by atoms with Gasteiger partial charge in [0.15, 0.2) is 17.3 Å². The molecule has 0 bridgehead atoms. The fourth-order valence-corrected chi connectivity index (χ4v) is 3.55. The Labute approximate surface area is 145 Å². The predicted molar refractivity (Wildman–Crippen MR) is 94.0 cm³/mol. The van der Waals surface area contributed by atoms with E-state index in [1.807, 2.05) is 30.3 Å². The zero-order valence-electron chi connectivity index (χ0n) is 13.3. The summed E-state index contributed by atoms with van der Waals surface area (Å²) in [6, 6.07) is 14.2. The maximum Gasteiger partial charge on any atom is 0.231 e. The lowest BCUT2D eigenvalue weighted by molar-refractivity contribution is 0.174. The molecule has 1 aromatic heterocycles. The number of aromatic nitrogens is 1. The molecular weight excluding hydrogens is 344 g/mol. The molecule has 0 fully saturated rings. The molecule has 0 aliphatic carbocycles. The first kappa shape index (κ1) is 15.8. The first-order valence-corrected chi connectivity index (χ1v) is 9.05. The van der Waals surface area contributed by atoms with E-state index in [0.717, 1.165) is 16.9 Å². The summed E-state index contributed by atoms with van der Waals surface area (Å²) in [5.74, 6) is 2.28. The summed E-state index contributed by atoms with van der Waals surface area (Å²) < 4.78 is 38.9. The number of hydrogen-bond acceptors (Lipinski definition) is 7. The number of nitrogens with zero attached hydrogens (tertiary/aromatic N) is 1. The number of anilines is 1. The van der Waals surface area contributed by atoms with Crippen LogP contribution < -0.4 is 14.2 Å². The van der Waals surface area contributed by atoms with Gasteiger partial charge in [0.2, 0.25) is 6.79 Å². The normalized spacial score (nSPS) is 13.7. The van der Waals surface area contributed by atoms with Gasteiger partial charge in [-0.2, -0.15) is 0 Å². The van der Waals surface area contributed by atoms with Crippen molar-refractivity contribution >= 4 is 16.6 Å². The fraction of sp³-hybridized carbons (Fsp3) is 0.118. The van der Waals surface area contributed by atoms with Crippen molar-refractivity contribution in [1.82, 2.24) is 5.16 Å². The molecule has 1 aliphatic rings. The molecular formula is C17H16N2O5S. The van der Waals surface area contributed by atoms with Crippen molar-refractivity contribution in [2.24, 2.45) is 0 Å². The molecule has 2 heterocycles. The molecule has 130 valence electrons. The van der Waals surface area contributed by atoms with E-state index in [9.17, 15) is 9.11 Å². The van der Waals surface area contributed by atoms with E-state index in [0.29, 0.717) is 16.4 Å². The summed E-state index contributed by atoms with van der Waals surface area (Å²) in [4.78, 5) is 0.359. The van der Waals surface area contributed by atoms with Crippen molar-refractivity contribution in [3.8, 4) is 22.6 Å². The molecule has 8 heteroatoms. The zero-order valence-corrected chi connectivity index (χ0v) is 14.1. The van der Waals surface area contributed by atoms with Crippen molar-refractivity contribution in [2.75, 3.05) is 11.5 Å². The Kier molecular flexibility index (Phi) is 3.79. The molecule has 0 atom stereocenters. The maximum atomic E-state index is 10.3. The van der Waals surface area contributed by atoms with Gasteiger partial charge in [-0.3, -0.25) is 13.8 Å². The topological polar surface area (TPSA) is 97.0 Å². The molecule has 0 spiro atoms. The Morgan fingerprint density at radius 1 is 0.960 bits per heavy atom. The number of fused-ring (bicyclic) bond motifs is 1. The lowest BCUT2D eigenvalue weighted by Gasteiger charge is -2.32. The van der Waals surface area contributed by atoms with Gasteiger partial charge in [-0.1, -0.05) is 34.1 Å². The van der Waals surface area contributed by atoms with E-state index in [4.69, 9.17) is 14.0 Å². The first-order chi connectivity index (χ1) is 12.0. The SMILES string of the molecule is Cc1cc(NS(O)(O)c2ccc(-c3ccc4c(c3)OCO4)cc2)no1. The largest absolute Gasteiger partial charge is 0.454 e. The van der Waals surface area contributed by atoms with Crippen LogP contribution in [0.15, 0.2) is 57.9 Å². The number of hydrogen-bond donors (Lipinski definition) is 3. The second-order valence-corrected chi connectivity index (χ2v) is 7.34. The van der Waals surface area contributed by atoms with Gasteiger partial charge in [0, 0.05) is 6.07 Å². The van der Waals surface area contributed by atoms with Crippen molar-refractivity contribution in [3.63, 3.8) is 0 Å². The minimum absolute atomic E-state index is 0.228. The Morgan fingerprint density at radius 3 is 2.40 bits per heavy atom. The molecule has 2 aromatic carbocycles. The van der Waals surface area contributed by atoms with Gasteiger partial charge in [0.25, 0.3) is 0 Å². The third-order valence-electron chi connectivity index (χ3n) is 3.76. The minimum Gasteiger partial charge on any atom is -0.454 e. The Bertz CT molecular complexity index is 908. The van der Waals surface area contributed by atoms with E-state index >= 15 is 0 Å². The number of nitrogens with one attached hydrogen (secondary N) is 1. The second kappa shape index (κ2) is 5.99. The third-order valence-corrected chi connectivity index (χ3v) is 5.19. The minimum atomic E-state index is -3.23. The van der Waals surface area contributed by atoms with E-state index in [2.05, 4.69) is 9.88 Å². The standard InChI is InChI=1S/C17H16N2O5S/c1-11-8-17(18-24-11)19-25(20,21)14-5-2-12(3-6-14)13-4-7-15-16(9-13)23-10-22-15/h2-9,20-21H,10H2,1H3,(H,18,19). The van der Waals surface area contributed by atoms with E-state index in [1.165, 1.54) is 0 Å². The average Bonchev–Trinajstić information content (AvgIpc) is 3.22. The van der Waals surface area contributed by atoms with Gasteiger partial charge in [0.1, 0.15) is 5.76 Å². The summed E-state index contributed by atoms with van der Waals surface area (Å²) in [5, 5.41) is 3.71. The summed E-state index contributed by atoms with van der Waals surface area (Å²) in [6.45, 7) is 1.95. The number of rotatable bonds is 4. The maximum absolute atomic E-state index is 10.3. The van der Waals surface area contributed by atoms with Crippen LogP contribution in [0.2, 0.25) is 0 Å². The van der Waals surface area contributed by atoms with Crippen LogP contribution in [0.3, 0.4) is 0 Å². The van der Waals surface area contributed by atoms with Crippen molar-refractivity contribution in [1.29, 1.82) is 0 Å². The highest BCUT2D eigenvalue weighted by molar-refractivity contribution is 8.25. The highest BCUT2D eigenvalue weighted by atomic mass is 32.3. The van der Waals surface area contributed by atoms with Crippen LogP contribution in [0.4, 0.5) is 5.82 Å². The second-order valence-electron chi connectivity index (χ2n) is 5.57. The summed E-state index contributed by atoms with van der Waals surface area (Å²) in [5.41, 5.74) is 1.88. The average molecular weight is 360 g/mol. The van der Waals surface area contributed by atoms with Crippen molar-refractivity contribution in [2.45, 2.75) is 11.8 Å². The van der Waals surface area contributed by atoms with Crippen molar-refractivity contribution in [3.05, 3.63) is 54.3 Å². The van der Waals surface area contributed by atoms with Gasteiger partial charge in [-0.15, -0.1) is 0 Å². The van der Waals surface area contributed by atoms with Crippen molar-refractivity contribution < 1.29 is 23.1 Å². The lowest BCUT2D eigenvalue weighted by atomic mass is 10.1. The van der Waals surface area contributed by atoms with E-state index in [-0.39, 0.29) is 12.6 Å². The summed E-state index contributed by atoms with van der Waals surface area (Å²) in [6.07, 6.45) is 0. The van der Waals surface area contributed by atoms with Crippen LogP contribution in [0, 0.1) is 6.92 Å². The Morgan fingerprint density at radius 2 is 1.68 bits per heavy atom. The van der Waals surface area contributed by atoms with Gasteiger partial charge >= 0.3 is 0 Å². The molecule has 0 radical (unpaired) electrons. The molecule has 3 aromatic rings. The Hall–Kier alpha value is -2.68. The van der Waals surface area contributed by atoms with Crippen LogP contribution in [0.1, 0.15) is 5.76 Å². The molecule has 0 amide bonds. The smallest absolute Gasteiger partial charge is 0.231 e. The van der Waals surface area contributed by atoms with Gasteiger partial charge < -0.3 is 14.0 Å². The Balaban J connectivity index is 1.57. The molecule has 4 rings (SSSR count). The highest BCUT2D eigenvalue weighted by Crippen LogP contribution is 2.48. The molecule has 0 saturated carbocycles. The van der Waals surface area contributed by atoms with Gasteiger partial charge in [-0.25, -0.2) is 0 Å². The van der Waals surface area contributed by atoms with Crippen LogP contribution in [-0.4, -0.2) is 21.1 Å². The number of ether oxygens (including phenoxy) is 2. The van der Waals surface area contributed by atoms with E-state index in [1.54, 1.807) is 25.1 Å². The van der Waals surface area contributed by atoms with Crippen LogP contribution in [0.5, 0.6) is 11.5 Å². The quantitative estimate of drug-likeness (QED) is 0.629. The molecule has 1 aliphatic heterocycles. The monoisotopic (exact) mass is 360 g/mol. The fourth-order valence-electron chi connectivity index (χ4n) is 2.53. The molecule has 0 saturated heterocycles. The summed E-state index contributed by atoms with van der Waals surface area (Å²) >= 11 is 0. The molecule has 7 nitrogen and oxygen atoms in total.